The molecule has 0 aliphatic rings. The van der Waals surface area contributed by atoms with E-state index in [-0.39, 0.29) is 17.9 Å². The molecular formula is C9H15N3OS. The highest BCUT2D eigenvalue weighted by Crippen LogP contribution is 2.22. The minimum atomic E-state index is -0.0000321. The minimum Gasteiger partial charge on any atom is -0.395 e. The Hall–Kier alpha value is -0.650. The Bertz CT molecular complexity index is 257. The van der Waals surface area contributed by atoms with E-state index in [2.05, 4.69) is 9.97 Å². The Labute approximate surface area is 88.0 Å². The molecule has 1 aromatic heterocycles. The predicted molar refractivity (Wildman–Crippen MR) is 57.0 cm³/mol. The summed E-state index contributed by atoms with van der Waals surface area (Å²) in [5.74, 6) is 0. The standard InChI is InChI=1S/C9H15N3OS/c1-2-7(10)8(5-13)14-9-3-4-11-6-12-9/h3-4,6-8,13H,2,5,10H2,1H3. The summed E-state index contributed by atoms with van der Waals surface area (Å²) in [7, 11) is 0. The summed E-state index contributed by atoms with van der Waals surface area (Å²) < 4.78 is 0. The van der Waals surface area contributed by atoms with Gasteiger partial charge in [0, 0.05) is 17.5 Å². The molecule has 1 aromatic rings. The molecule has 0 amide bonds. The molecule has 5 heteroatoms. The van der Waals surface area contributed by atoms with E-state index in [4.69, 9.17) is 10.8 Å². The van der Waals surface area contributed by atoms with Gasteiger partial charge in [0.2, 0.25) is 0 Å². The van der Waals surface area contributed by atoms with Gasteiger partial charge in [-0.1, -0.05) is 18.7 Å². The van der Waals surface area contributed by atoms with E-state index in [1.165, 1.54) is 18.1 Å². The summed E-state index contributed by atoms with van der Waals surface area (Å²) in [6.45, 7) is 2.08. The highest BCUT2D eigenvalue weighted by atomic mass is 32.2. The number of nitrogens with zero attached hydrogens (tertiary/aromatic N) is 2. The summed E-state index contributed by atoms with van der Waals surface area (Å²) >= 11 is 1.50. The highest BCUT2D eigenvalue weighted by molar-refractivity contribution is 7.99. The minimum absolute atomic E-state index is 0.0000321. The summed E-state index contributed by atoms with van der Waals surface area (Å²) in [4.78, 5) is 7.89. The third kappa shape index (κ3) is 3.25. The van der Waals surface area contributed by atoms with E-state index in [0.29, 0.717) is 0 Å². The number of hydrogen-bond acceptors (Lipinski definition) is 5. The number of thioether (sulfide) groups is 1. The monoisotopic (exact) mass is 213 g/mol. The molecule has 3 N–H and O–H groups in total. The smallest absolute Gasteiger partial charge is 0.116 e. The third-order valence-electron chi connectivity index (χ3n) is 1.96. The summed E-state index contributed by atoms with van der Waals surface area (Å²) in [6.07, 6.45) is 4.03. The largest absolute Gasteiger partial charge is 0.395 e. The van der Waals surface area contributed by atoms with E-state index < -0.39 is 0 Å². The summed E-state index contributed by atoms with van der Waals surface area (Å²) in [5, 5.41) is 10.0. The van der Waals surface area contributed by atoms with Crippen LogP contribution in [0.3, 0.4) is 0 Å². The fourth-order valence-electron chi connectivity index (χ4n) is 1.03. The first-order valence-corrected chi connectivity index (χ1v) is 5.45. The summed E-state index contributed by atoms with van der Waals surface area (Å²) in [6, 6.07) is 1.82. The molecule has 2 atom stereocenters. The van der Waals surface area contributed by atoms with Crippen molar-refractivity contribution < 1.29 is 5.11 Å². The van der Waals surface area contributed by atoms with Crippen LogP contribution in [0, 0.1) is 0 Å². The van der Waals surface area contributed by atoms with Crippen LogP contribution in [0.4, 0.5) is 0 Å². The van der Waals surface area contributed by atoms with Gasteiger partial charge in [-0.05, 0) is 12.5 Å². The molecule has 78 valence electrons. The Morgan fingerprint density at radius 3 is 2.93 bits per heavy atom. The first-order valence-electron chi connectivity index (χ1n) is 4.57. The first kappa shape index (κ1) is 11.4. The predicted octanol–water partition coefficient (Wildman–Crippen LogP) is 0.667. The van der Waals surface area contributed by atoms with Crippen LogP contribution in [0.15, 0.2) is 23.6 Å². The zero-order valence-corrected chi connectivity index (χ0v) is 8.94. The maximum atomic E-state index is 9.14. The Balaban J connectivity index is 2.57. The van der Waals surface area contributed by atoms with Gasteiger partial charge < -0.3 is 10.8 Å². The lowest BCUT2D eigenvalue weighted by Crippen LogP contribution is -2.34. The fourth-order valence-corrected chi connectivity index (χ4v) is 2.03. The van der Waals surface area contributed by atoms with Crippen LogP contribution in [-0.2, 0) is 0 Å². The maximum Gasteiger partial charge on any atom is 0.116 e. The molecule has 0 fully saturated rings. The van der Waals surface area contributed by atoms with E-state index in [0.717, 1.165) is 11.4 Å². The molecule has 0 saturated heterocycles. The van der Waals surface area contributed by atoms with E-state index in [1.807, 2.05) is 13.0 Å². The third-order valence-corrected chi connectivity index (χ3v) is 3.24. The fraction of sp³-hybridized carbons (Fsp3) is 0.556. The molecule has 1 rings (SSSR count). The van der Waals surface area contributed by atoms with Gasteiger partial charge in [0.25, 0.3) is 0 Å². The molecule has 0 aromatic carbocycles. The van der Waals surface area contributed by atoms with Crippen LogP contribution in [-0.4, -0.2) is 33.0 Å². The van der Waals surface area contributed by atoms with Crippen LogP contribution >= 0.6 is 11.8 Å². The van der Waals surface area contributed by atoms with Crippen LogP contribution < -0.4 is 5.73 Å². The van der Waals surface area contributed by atoms with Crippen molar-refractivity contribution in [3.8, 4) is 0 Å². The van der Waals surface area contributed by atoms with Gasteiger partial charge in [0.1, 0.15) is 6.33 Å². The van der Waals surface area contributed by atoms with Crippen LogP contribution in [0.5, 0.6) is 0 Å². The van der Waals surface area contributed by atoms with Crippen molar-refractivity contribution in [3.05, 3.63) is 18.6 Å². The first-order chi connectivity index (χ1) is 6.77. The van der Waals surface area contributed by atoms with Crippen LogP contribution in [0.25, 0.3) is 0 Å². The highest BCUT2D eigenvalue weighted by Gasteiger charge is 2.16. The van der Waals surface area contributed by atoms with E-state index in [1.54, 1.807) is 6.20 Å². The average Bonchev–Trinajstić information content (AvgIpc) is 2.26. The van der Waals surface area contributed by atoms with Crippen LogP contribution in [0.1, 0.15) is 13.3 Å². The molecular weight excluding hydrogens is 198 g/mol. The van der Waals surface area contributed by atoms with Crippen LogP contribution in [0.2, 0.25) is 0 Å². The molecule has 0 aliphatic heterocycles. The van der Waals surface area contributed by atoms with Crippen molar-refractivity contribution in [2.24, 2.45) is 5.73 Å². The number of rotatable bonds is 5. The second kappa shape index (κ2) is 5.95. The van der Waals surface area contributed by atoms with Crippen molar-refractivity contribution in [2.75, 3.05) is 6.61 Å². The second-order valence-electron chi connectivity index (χ2n) is 2.96. The molecule has 14 heavy (non-hydrogen) atoms. The van der Waals surface area contributed by atoms with Gasteiger partial charge in [-0.15, -0.1) is 0 Å². The van der Waals surface area contributed by atoms with Gasteiger partial charge >= 0.3 is 0 Å². The topological polar surface area (TPSA) is 72.0 Å². The van der Waals surface area contributed by atoms with Gasteiger partial charge in [-0.2, -0.15) is 0 Å². The van der Waals surface area contributed by atoms with Gasteiger partial charge in [0.05, 0.1) is 11.6 Å². The van der Waals surface area contributed by atoms with Gasteiger partial charge in [0.15, 0.2) is 0 Å². The van der Waals surface area contributed by atoms with E-state index >= 15 is 0 Å². The van der Waals surface area contributed by atoms with Crippen molar-refractivity contribution in [2.45, 2.75) is 29.7 Å². The number of nitrogens with two attached hydrogens (primary N) is 1. The molecule has 0 saturated carbocycles. The number of aliphatic hydroxyl groups is 1. The van der Waals surface area contributed by atoms with Gasteiger partial charge in [-0.25, -0.2) is 9.97 Å². The molecule has 0 spiro atoms. The lowest BCUT2D eigenvalue weighted by molar-refractivity contribution is 0.281. The normalized spacial score (nSPS) is 15.1. The number of aromatic nitrogens is 2. The molecule has 2 unspecified atom stereocenters. The second-order valence-corrected chi connectivity index (χ2v) is 4.22. The SMILES string of the molecule is CCC(N)C(CO)Sc1ccncn1. The van der Waals surface area contributed by atoms with Crippen molar-refractivity contribution in [3.63, 3.8) is 0 Å². The lowest BCUT2D eigenvalue weighted by Gasteiger charge is -2.19. The molecule has 0 aliphatic carbocycles. The van der Waals surface area contributed by atoms with E-state index in [9.17, 15) is 0 Å². The van der Waals surface area contributed by atoms with Crippen molar-refractivity contribution in [1.29, 1.82) is 0 Å². The Morgan fingerprint density at radius 2 is 2.43 bits per heavy atom. The van der Waals surface area contributed by atoms with Crippen molar-refractivity contribution in [1.82, 2.24) is 9.97 Å². The number of aliphatic hydroxyl groups excluding tert-OH is 1. The lowest BCUT2D eigenvalue weighted by atomic mass is 10.2. The summed E-state index contributed by atoms with van der Waals surface area (Å²) in [5.41, 5.74) is 5.85. The quantitative estimate of drug-likeness (QED) is 0.555. The molecule has 4 nitrogen and oxygen atoms in total. The molecule has 0 bridgehead atoms. The average molecular weight is 213 g/mol. The Kier molecular flexibility index (Phi) is 4.86. The number of hydrogen-bond donors (Lipinski definition) is 2. The Morgan fingerprint density at radius 1 is 1.64 bits per heavy atom. The molecule has 0 radical (unpaired) electrons. The zero-order chi connectivity index (χ0) is 10.4. The zero-order valence-electron chi connectivity index (χ0n) is 8.13. The maximum absolute atomic E-state index is 9.14. The van der Waals surface area contributed by atoms with Gasteiger partial charge in [-0.3, -0.25) is 0 Å². The van der Waals surface area contributed by atoms with Crippen molar-refractivity contribution >= 4 is 11.8 Å². The molecule has 1 heterocycles.